The highest BCUT2D eigenvalue weighted by molar-refractivity contribution is 5.60. The van der Waals surface area contributed by atoms with Crippen molar-refractivity contribution in [2.75, 3.05) is 10.6 Å². The van der Waals surface area contributed by atoms with Gasteiger partial charge in [0.15, 0.2) is 0 Å². The number of hydrogen-bond acceptors (Lipinski definition) is 3. The molecule has 2 N–H and O–H groups in total. The molecule has 1 aliphatic rings. The number of fused-ring (bicyclic) bond motifs is 1. The molecular weight excluding hydrogens is 224 g/mol. The van der Waals surface area contributed by atoms with E-state index in [1.54, 1.807) is 0 Å². The number of hydrogen-bond donors (Lipinski definition) is 1. The van der Waals surface area contributed by atoms with Crippen LogP contribution in [0.2, 0.25) is 0 Å². The van der Waals surface area contributed by atoms with Crippen LogP contribution in [0.25, 0.3) is 0 Å². The highest BCUT2D eigenvalue weighted by Crippen LogP contribution is 2.32. The van der Waals surface area contributed by atoms with Gasteiger partial charge in [0.25, 0.3) is 0 Å². The summed E-state index contributed by atoms with van der Waals surface area (Å²) in [6, 6.07) is 6.17. The first-order valence-electron chi connectivity index (χ1n) is 6.32. The molecule has 2 heterocycles. The Morgan fingerprint density at radius 2 is 2.17 bits per heavy atom. The van der Waals surface area contributed by atoms with Gasteiger partial charge in [-0.3, -0.25) is 4.68 Å². The van der Waals surface area contributed by atoms with E-state index < -0.39 is 0 Å². The van der Waals surface area contributed by atoms with Gasteiger partial charge in [-0.05, 0) is 23.6 Å². The molecule has 2 aromatic rings. The van der Waals surface area contributed by atoms with Crippen LogP contribution in [-0.4, -0.2) is 9.78 Å². The summed E-state index contributed by atoms with van der Waals surface area (Å²) in [6.45, 7) is 3.96. The van der Waals surface area contributed by atoms with E-state index in [0.29, 0.717) is 0 Å². The van der Waals surface area contributed by atoms with E-state index in [1.165, 1.54) is 16.8 Å². The maximum atomic E-state index is 6.04. The minimum absolute atomic E-state index is 0.890. The Bertz CT molecular complexity index is 585. The molecule has 0 radical (unpaired) electrons. The standard InChI is InChI=1S/C14H18N4/c1-3-13-14(9-17(2)16-13)18-7-10-5-4-6-12(15)11(10)8-18/h4-6,9H,3,7-8,15H2,1-2H3. The van der Waals surface area contributed by atoms with Crippen LogP contribution < -0.4 is 10.6 Å². The SMILES string of the molecule is CCc1nn(C)cc1N1Cc2cccc(N)c2C1. The number of nitrogen functional groups attached to an aromatic ring is 1. The van der Waals surface area contributed by atoms with Crippen LogP contribution in [0.4, 0.5) is 11.4 Å². The number of nitrogens with two attached hydrogens (primary N) is 1. The molecule has 0 spiro atoms. The van der Waals surface area contributed by atoms with Crippen LogP contribution >= 0.6 is 0 Å². The fourth-order valence-corrected chi connectivity index (χ4v) is 2.66. The molecule has 4 heteroatoms. The molecule has 94 valence electrons. The molecule has 1 aromatic carbocycles. The summed E-state index contributed by atoms with van der Waals surface area (Å²) in [6.07, 6.45) is 3.05. The Morgan fingerprint density at radius 3 is 2.89 bits per heavy atom. The Morgan fingerprint density at radius 1 is 1.33 bits per heavy atom. The van der Waals surface area contributed by atoms with Crippen molar-refractivity contribution >= 4 is 11.4 Å². The second-order valence-electron chi connectivity index (χ2n) is 4.83. The number of anilines is 2. The van der Waals surface area contributed by atoms with Crippen molar-refractivity contribution in [2.24, 2.45) is 7.05 Å². The molecule has 0 atom stereocenters. The number of rotatable bonds is 2. The molecule has 18 heavy (non-hydrogen) atoms. The summed E-state index contributed by atoms with van der Waals surface area (Å²) in [5.74, 6) is 0. The summed E-state index contributed by atoms with van der Waals surface area (Å²) in [5.41, 5.74) is 11.9. The average Bonchev–Trinajstić information content (AvgIpc) is 2.92. The Hall–Kier alpha value is -1.97. The van der Waals surface area contributed by atoms with Gasteiger partial charge < -0.3 is 10.6 Å². The predicted octanol–water partition coefficient (Wildman–Crippen LogP) is 2.08. The topological polar surface area (TPSA) is 47.1 Å². The zero-order valence-corrected chi connectivity index (χ0v) is 10.8. The number of aromatic nitrogens is 2. The number of aryl methyl sites for hydroxylation is 2. The second kappa shape index (κ2) is 4.05. The van der Waals surface area contributed by atoms with Crippen LogP contribution in [0.1, 0.15) is 23.7 Å². The highest BCUT2D eigenvalue weighted by Gasteiger charge is 2.23. The normalized spacial score (nSPS) is 14.0. The van der Waals surface area contributed by atoms with Crippen LogP contribution in [-0.2, 0) is 26.6 Å². The molecule has 0 amide bonds. The lowest BCUT2D eigenvalue weighted by Crippen LogP contribution is -2.15. The molecule has 0 saturated heterocycles. The van der Waals surface area contributed by atoms with Gasteiger partial charge >= 0.3 is 0 Å². The Kier molecular flexibility index (Phi) is 2.51. The molecule has 0 bridgehead atoms. The van der Waals surface area contributed by atoms with E-state index in [2.05, 4.69) is 29.2 Å². The number of benzene rings is 1. The molecule has 0 unspecified atom stereocenters. The van der Waals surface area contributed by atoms with Gasteiger partial charge in [-0.1, -0.05) is 19.1 Å². The summed E-state index contributed by atoms with van der Waals surface area (Å²) >= 11 is 0. The van der Waals surface area contributed by atoms with Crippen molar-refractivity contribution in [1.29, 1.82) is 0 Å². The summed E-state index contributed by atoms with van der Waals surface area (Å²) in [7, 11) is 1.97. The predicted molar refractivity (Wildman–Crippen MR) is 73.3 cm³/mol. The van der Waals surface area contributed by atoms with E-state index in [0.717, 1.165) is 30.9 Å². The van der Waals surface area contributed by atoms with Gasteiger partial charge in [-0.2, -0.15) is 5.10 Å². The minimum Gasteiger partial charge on any atom is -0.398 e. The summed E-state index contributed by atoms with van der Waals surface area (Å²) in [4.78, 5) is 2.35. The van der Waals surface area contributed by atoms with E-state index >= 15 is 0 Å². The maximum absolute atomic E-state index is 6.04. The lowest BCUT2D eigenvalue weighted by atomic mass is 10.1. The third kappa shape index (κ3) is 1.65. The van der Waals surface area contributed by atoms with Crippen LogP contribution in [0.3, 0.4) is 0 Å². The van der Waals surface area contributed by atoms with Crippen LogP contribution in [0.5, 0.6) is 0 Å². The molecule has 3 rings (SSSR count). The lowest BCUT2D eigenvalue weighted by molar-refractivity contribution is 0.746. The van der Waals surface area contributed by atoms with Crippen molar-refractivity contribution < 1.29 is 0 Å². The Labute approximate surface area is 107 Å². The fourth-order valence-electron chi connectivity index (χ4n) is 2.66. The van der Waals surface area contributed by atoms with Crippen molar-refractivity contribution in [3.05, 3.63) is 41.2 Å². The first kappa shape index (κ1) is 11.1. The van der Waals surface area contributed by atoms with E-state index in [9.17, 15) is 0 Å². The first-order valence-corrected chi connectivity index (χ1v) is 6.32. The monoisotopic (exact) mass is 242 g/mol. The van der Waals surface area contributed by atoms with Gasteiger partial charge in [0.1, 0.15) is 0 Å². The summed E-state index contributed by atoms with van der Waals surface area (Å²) < 4.78 is 1.89. The molecule has 4 nitrogen and oxygen atoms in total. The first-order chi connectivity index (χ1) is 8.69. The Balaban J connectivity index is 1.96. The van der Waals surface area contributed by atoms with Crippen molar-refractivity contribution in [3.8, 4) is 0 Å². The van der Waals surface area contributed by atoms with Gasteiger partial charge in [-0.15, -0.1) is 0 Å². The third-order valence-electron chi connectivity index (χ3n) is 3.58. The molecule has 0 fully saturated rings. The minimum atomic E-state index is 0.890. The van der Waals surface area contributed by atoms with Crippen molar-refractivity contribution in [2.45, 2.75) is 26.4 Å². The molecule has 0 aliphatic carbocycles. The van der Waals surface area contributed by atoms with Crippen LogP contribution in [0, 0.1) is 0 Å². The van der Waals surface area contributed by atoms with Gasteiger partial charge in [0, 0.05) is 32.0 Å². The molecular formula is C14H18N4. The molecule has 1 aromatic heterocycles. The highest BCUT2D eigenvalue weighted by atomic mass is 15.3. The smallest absolute Gasteiger partial charge is 0.0855 e. The second-order valence-corrected chi connectivity index (χ2v) is 4.83. The fraction of sp³-hybridized carbons (Fsp3) is 0.357. The zero-order valence-electron chi connectivity index (χ0n) is 10.8. The van der Waals surface area contributed by atoms with Gasteiger partial charge in [-0.25, -0.2) is 0 Å². The van der Waals surface area contributed by atoms with Crippen molar-refractivity contribution in [1.82, 2.24) is 9.78 Å². The van der Waals surface area contributed by atoms with Crippen molar-refractivity contribution in [3.63, 3.8) is 0 Å². The van der Waals surface area contributed by atoms with Gasteiger partial charge in [0.2, 0.25) is 0 Å². The van der Waals surface area contributed by atoms with Gasteiger partial charge in [0.05, 0.1) is 11.4 Å². The lowest BCUT2D eigenvalue weighted by Gasteiger charge is -2.16. The molecule has 1 aliphatic heterocycles. The van der Waals surface area contributed by atoms with Crippen LogP contribution in [0.15, 0.2) is 24.4 Å². The zero-order chi connectivity index (χ0) is 12.7. The summed E-state index contributed by atoms with van der Waals surface area (Å²) in [5, 5.41) is 4.50. The number of nitrogens with zero attached hydrogens (tertiary/aromatic N) is 3. The maximum Gasteiger partial charge on any atom is 0.0855 e. The quantitative estimate of drug-likeness (QED) is 0.820. The molecule has 0 saturated carbocycles. The van der Waals surface area contributed by atoms with E-state index in [4.69, 9.17) is 5.73 Å². The van der Waals surface area contributed by atoms with E-state index in [1.807, 2.05) is 23.9 Å². The van der Waals surface area contributed by atoms with E-state index in [-0.39, 0.29) is 0 Å². The largest absolute Gasteiger partial charge is 0.398 e. The average molecular weight is 242 g/mol. The third-order valence-corrected chi connectivity index (χ3v) is 3.58.